The van der Waals surface area contributed by atoms with Crippen LogP contribution < -0.4 is 4.90 Å². The highest BCUT2D eigenvalue weighted by molar-refractivity contribution is 8.01. The van der Waals surface area contributed by atoms with Gasteiger partial charge in [-0.15, -0.1) is 11.8 Å². The number of thioether (sulfide) groups is 1. The smallest absolute Gasteiger partial charge is 0.268 e. The Kier molecular flexibility index (Phi) is 3.80. The standard InChI is InChI=1S/C19H17FN2O2S/c1-13(23)22-9-10-25-19(22)16-11-15(20)7-8-17(16)21(18(19)24)12-14-5-3-2-4-6-14/h2-8,11H,9-10,12H2,1H3. The molecule has 2 aliphatic heterocycles. The summed E-state index contributed by atoms with van der Waals surface area (Å²) in [4.78, 5) is 27.7. The molecule has 1 saturated heterocycles. The van der Waals surface area contributed by atoms with E-state index in [1.807, 2.05) is 30.3 Å². The van der Waals surface area contributed by atoms with Gasteiger partial charge in [0.1, 0.15) is 5.82 Å². The SMILES string of the molecule is CC(=O)N1CCSC12C(=O)N(Cc1ccccc1)c1ccc(F)cc12. The minimum Gasteiger partial charge on any atom is -0.315 e. The van der Waals surface area contributed by atoms with Crippen molar-refractivity contribution in [1.82, 2.24) is 4.90 Å². The van der Waals surface area contributed by atoms with Gasteiger partial charge in [-0.2, -0.15) is 0 Å². The highest BCUT2D eigenvalue weighted by atomic mass is 32.2. The number of carbonyl (C=O) groups excluding carboxylic acids is 2. The summed E-state index contributed by atoms with van der Waals surface area (Å²) in [5, 5.41) is 0. The summed E-state index contributed by atoms with van der Waals surface area (Å²) in [6.07, 6.45) is 0. The zero-order valence-corrected chi connectivity index (χ0v) is 14.6. The topological polar surface area (TPSA) is 40.6 Å². The van der Waals surface area contributed by atoms with Gasteiger partial charge in [0.2, 0.25) is 5.91 Å². The monoisotopic (exact) mass is 356 g/mol. The van der Waals surface area contributed by atoms with Crippen molar-refractivity contribution in [2.45, 2.75) is 18.3 Å². The molecule has 0 N–H and O–H groups in total. The van der Waals surface area contributed by atoms with Gasteiger partial charge in [-0.3, -0.25) is 9.59 Å². The molecule has 6 heteroatoms. The van der Waals surface area contributed by atoms with Crippen LogP contribution in [0.4, 0.5) is 10.1 Å². The molecular formula is C19H17FN2O2S. The maximum atomic E-state index is 14.0. The number of halogens is 1. The summed E-state index contributed by atoms with van der Waals surface area (Å²) in [7, 11) is 0. The number of nitrogens with zero attached hydrogens (tertiary/aromatic N) is 2. The molecule has 0 aliphatic carbocycles. The second-order valence-electron chi connectivity index (χ2n) is 6.20. The molecule has 2 heterocycles. The highest BCUT2D eigenvalue weighted by Gasteiger charge is 2.58. The van der Waals surface area contributed by atoms with Crippen LogP contribution in [-0.2, 0) is 21.0 Å². The predicted molar refractivity (Wildman–Crippen MR) is 95.6 cm³/mol. The van der Waals surface area contributed by atoms with Crippen LogP contribution in [0, 0.1) is 5.82 Å². The Bertz CT molecular complexity index is 858. The third-order valence-electron chi connectivity index (χ3n) is 4.72. The Balaban J connectivity index is 1.84. The lowest BCUT2D eigenvalue weighted by Gasteiger charge is -2.32. The van der Waals surface area contributed by atoms with Crippen LogP contribution in [0.5, 0.6) is 0 Å². The summed E-state index contributed by atoms with van der Waals surface area (Å²) >= 11 is 1.41. The van der Waals surface area contributed by atoms with Crippen molar-refractivity contribution >= 4 is 29.3 Å². The normalized spacial score (nSPS) is 21.9. The molecule has 0 radical (unpaired) electrons. The van der Waals surface area contributed by atoms with Crippen LogP contribution in [0.2, 0.25) is 0 Å². The minimum absolute atomic E-state index is 0.171. The molecule has 4 rings (SSSR count). The maximum absolute atomic E-state index is 14.0. The van der Waals surface area contributed by atoms with Crippen molar-refractivity contribution < 1.29 is 14.0 Å². The molecule has 1 fully saturated rings. The van der Waals surface area contributed by atoms with E-state index in [0.29, 0.717) is 30.1 Å². The zero-order valence-electron chi connectivity index (χ0n) is 13.7. The predicted octanol–water partition coefficient (Wildman–Crippen LogP) is 3.12. The summed E-state index contributed by atoms with van der Waals surface area (Å²) in [5.41, 5.74) is 2.24. The van der Waals surface area contributed by atoms with Crippen molar-refractivity contribution in [3.8, 4) is 0 Å². The molecule has 4 nitrogen and oxygen atoms in total. The first-order valence-corrected chi connectivity index (χ1v) is 9.10. The Morgan fingerprint density at radius 3 is 2.72 bits per heavy atom. The fraction of sp³-hybridized carbons (Fsp3) is 0.263. The third kappa shape index (κ3) is 2.35. The minimum atomic E-state index is -1.14. The maximum Gasteiger partial charge on any atom is 0.268 e. The van der Waals surface area contributed by atoms with E-state index in [1.165, 1.54) is 30.8 Å². The van der Waals surface area contributed by atoms with E-state index < -0.39 is 10.7 Å². The van der Waals surface area contributed by atoms with Gasteiger partial charge in [0.15, 0.2) is 4.87 Å². The zero-order chi connectivity index (χ0) is 17.6. The van der Waals surface area contributed by atoms with Gasteiger partial charge < -0.3 is 9.80 Å². The lowest BCUT2D eigenvalue weighted by atomic mass is 10.1. The Hall–Kier alpha value is -2.34. The van der Waals surface area contributed by atoms with E-state index in [9.17, 15) is 14.0 Å². The van der Waals surface area contributed by atoms with Crippen molar-refractivity contribution in [1.29, 1.82) is 0 Å². The van der Waals surface area contributed by atoms with E-state index in [4.69, 9.17) is 0 Å². The Morgan fingerprint density at radius 2 is 2.00 bits per heavy atom. The fourth-order valence-corrected chi connectivity index (χ4v) is 5.14. The van der Waals surface area contributed by atoms with E-state index in [1.54, 1.807) is 15.9 Å². The number of anilines is 1. The van der Waals surface area contributed by atoms with Gasteiger partial charge in [0, 0.05) is 24.8 Å². The van der Waals surface area contributed by atoms with Crippen LogP contribution in [0.1, 0.15) is 18.1 Å². The quantitative estimate of drug-likeness (QED) is 0.830. The number of benzene rings is 2. The van der Waals surface area contributed by atoms with Crippen LogP contribution in [-0.4, -0.2) is 29.0 Å². The van der Waals surface area contributed by atoms with Crippen molar-refractivity contribution in [2.24, 2.45) is 0 Å². The van der Waals surface area contributed by atoms with Gasteiger partial charge in [-0.05, 0) is 23.8 Å². The molecular weight excluding hydrogens is 339 g/mol. The lowest BCUT2D eigenvalue weighted by Crippen LogP contribution is -2.49. The average molecular weight is 356 g/mol. The van der Waals surface area contributed by atoms with Gasteiger partial charge in [0.05, 0.1) is 12.2 Å². The van der Waals surface area contributed by atoms with Crippen molar-refractivity contribution in [3.05, 3.63) is 65.5 Å². The largest absolute Gasteiger partial charge is 0.315 e. The first kappa shape index (κ1) is 16.1. The third-order valence-corrected chi connectivity index (χ3v) is 6.14. The van der Waals surface area contributed by atoms with Crippen LogP contribution in [0.25, 0.3) is 0 Å². The molecule has 0 bridgehead atoms. The average Bonchev–Trinajstić information content (AvgIpc) is 3.14. The number of fused-ring (bicyclic) bond motifs is 2. The van der Waals surface area contributed by atoms with Crippen molar-refractivity contribution in [2.75, 3.05) is 17.2 Å². The summed E-state index contributed by atoms with van der Waals surface area (Å²) in [6.45, 7) is 2.34. The second kappa shape index (κ2) is 5.88. The van der Waals surface area contributed by atoms with E-state index in [0.717, 1.165) is 5.56 Å². The Labute approximate surface area is 149 Å². The van der Waals surface area contributed by atoms with Crippen molar-refractivity contribution in [3.63, 3.8) is 0 Å². The number of amides is 2. The number of rotatable bonds is 2. The lowest BCUT2D eigenvalue weighted by molar-refractivity contribution is -0.138. The first-order valence-electron chi connectivity index (χ1n) is 8.12. The molecule has 1 spiro atoms. The molecule has 128 valence electrons. The molecule has 1 atom stereocenters. The van der Waals surface area contributed by atoms with E-state index in [2.05, 4.69) is 0 Å². The van der Waals surface area contributed by atoms with Crippen LogP contribution >= 0.6 is 11.8 Å². The fourth-order valence-electron chi connectivity index (χ4n) is 3.65. The number of hydrogen-bond acceptors (Lipinski definition) is 3. The van der Waals surface area contributed by atoms with Gasteiger partial charge in [-0.1, -0.05) is 30.3 Å². The molecule has 0 saturated carbocycles. The van der Waals surface area contributed by atoms with Gasteiger partial charge >= 0.3 is 0 Å². The highest BCUT2D eigenvalue weighted by Crippen LogP contribution is 2.54. The molecule has 0 aromatic heterocycles. The summed E-state index contributed by atoms with van der Waals surface area (Å²) < 4.78 is 14.0. The van der Waals surface area contributed by atoms with Gasteiger partial charge in [0.25, 0.3) is 5.91 Å². The number of carbonyl (C=O) groups is 2. The molecule has 2 amide bonds. The molecule has 2 aromatic rings. The summed E-state index contributed by atoms with van der Waals surface area (Å²) in [5.74, 6) is -0.0891. The molecule has 2 aliphatic rings. The summed E-state index contributed by atoms with van der Waals surface area (Å²) in [6, 6.07) is 14.1. The first-order chi connectivity index (χ1) is 12.0. The second-order valence-corrected chi connectivity index (χ2v) is 7.49. The van der Waals surface area contributed by atoms with Gasteiger partial charge in [-0.25, -0.2) is 4.39 Å². The van der Waals surface area contributed by atoms with Crippen LogP contribution in [0.3, 0.4) is 0 Å². The van der Waals surface area contributed by atoms with Crippen LogP contribution in [0.15, 0.2) is 48.5 Å². The molecule has 2 aromatic carbocycles. The number of hydrogen-bond donors (Lipinski definition) is 0. The molecule has 25 heavy (non-hydrogen) atoms. The van der Waals surface area contributed by atoms with E-state index in [-0.39, 0.29) is 11.8 Å². The molecule has 1 unspecified atom stereocenters. The van der Waals surface area contributed by atoms with E-state index >= 15 is 0 Å². The Morgan fingerprint density at radius 1 is 1.24 bits per heavy atom.